The summed E-state index contributed by atoms with van der Waals surface area (Å²) in [4.78, 5) is 28.3. The zero-order valence-electron chi connectivity index (χ0n) is 17.9. The van der Waals surface area contributed by atoms with E-state index in [9.17, 15) is 19.1 Å². The number of halogens is 1. The van der Waals surface area contributed by atoms with Crippen LogP contribution in [0.4, 0.5) is 4.39 Å². The minimum atomic E-state index is -1.15. The monoisotopic (exact) mass is 430 g/mol. The van der Waals surface area contributed by atoms with Crippen molar-refractivity contribution >= 4 is 11.9 Å². The van der Waals surface area contributed by atoms with E-state index < -0.39 is 5.97 Å². The van der Waals surface area contributed by atoms with Gasteiger partial charge in [-0.15, -0.1) is 0 Å². The number of carbonyl (C=O) groups is 2. The Morgan fingerprint density at radius 3 is 2.45 bits per heavy atom. The Balaban J connectivity index is 1.60. The van der Waals surface area contributed by atoms with Crippen LogP contribution in [-0.2, 0) is 11.3 Å². The third-order valence-corrected chi connectivity index (χ3v) is 5.50. The Bertz CT molecular complexity index is 934. The molecule has 1 amide bonds. The second-order valence-electron chi connectivity index (χ2n) is 7.76. The van der Waals surface area contributed by atoms with E-state index in [1.807, 2.05) is 13.8 Å². The smallest absolute Gasteiger partial charge is 0.339 e. The molecule has 0 bridgehead atoms. The Hall–Kier alpha value is -3.13. The van der Waals surface area contributed by atoms with Crippen molar-refractivity contribution in [1.29, 1.82) is 0 Å². The third-order valence-electron chi connectivity index (χ3n) is 5.50. The summed E-state index contributed by atoms with van der Waals surface area (Å²) in [6.45, 7) is 5.64. The first kappa shape index (κ1) is 22.6. The fourth-order valence-corrected chi connectivity index (χ4v) is 3.74. The van der Waals surface area contributed by atoms with Crippen LogP contribution in [0.25, 0.3) is 0 Å². The van der Waals surface area contributed by atoms with E-state index in [0.717, 1.165) is 5.56 Å². The Kier molecular flexibility index (Phi) is 7.12. The molecule has 1 heterocycles. The molecule has 3 rings (SSSR count). The summed E-state index contributed by atoms with van der Waals surface area (Å²) in [7, 11) is 1.45. The number of benzene rings is 2. The van der Waals surface area contributed by atoms with E-state index in [1.54, 1.807) is 23.1 Å². The Morgan fingerprint density at radius 1 is 1.10 bits per heavy atom. The maximum absolute atomic E-state index is 13.1. The minimum absolute atomic E-state index is 0.0393. The van der Waals surface area contributed by atoms with Crippen molar-refractivity contribution in [3.63, 3.8) is 0 Å². The van der Waals surface area contributed by atoms with Crippen molar-refractivity contribution in [1.82, 2.24) is 9.80 Å². The SMILES string of the molecule is COc1ccc(OCC(=O)N2C[C@H](C)N(Cc3ccc(F)cc3)C[C@H]2C)c(C(=O)O)c1. The van der Waals surface area contributed by atoms with Gasteiger partial charge in [0.1, 0.15) is 22.9 Å². The summed E-state index contributed by atoms with van der Waals surface area (Å²) in [5.41, 5.74) is 0.960. The summed E-state index contributed by atoms with van der Waals surface area (Å²) >= 11 is 0. The Labute approximate surface area is 181 Å². The zero-order valence-corrected chi connectivity index (χ0v) is 17.9. The highest BCUT2D eigenvalue weighted by atomic mass is 19.1. The van der Waals surface area contributed by atoms with Crippen LogP contribution in [-0.4, -0.2) is 65.7 Å². The normalized spacial score (nSPS) is 19.2. The van der Waals surface area contributed by atoms with Gasteiger partial charge >= 0.3 is 5.97 Å². The van der Waals surface area contributed by atoms with Gasteiger partial charge in [0.05, 0.1) is 7.11 Å². The molecule has 7 nitrogen and oxygen atoms in total. The van der Waals surface area contributed by atoms with Crippen molar-refractivity contribution in [2.24, 2.45) is 0 Å². The second-order valence-corrected chi connectivity index (χ2v) is 7.76. The van der Waals surface area contributed by atoms with Crippen molar-refractivity contribution < 1.29 is 28.6 Å². The van der Waals surface area contributed by atoms with Gasteiger partial charge in [-0.3, -0.25) is 9.69 Å². The van der Waals surface area contributed by atoms with Crippen LogP contribution in [0.3, 0.4) is 0 Å². The van der Waals surface area contributed by atoms with Gasteiger partial charge in [0.25, 0.3) is 5.91 Å². The maximum atomic E-state index is 13.1. The van der Waals surface area contributed by atoms with E-state index in [4.69, 9.17) is 9.47 Å². The van der Waals surface area contributed by atoms with E-state index in [2.05, 4.69) is 4.90 Å². The van der Waals surface area contributed by atoms with Crippen LogP contribution in [0.2, 0.25) is 0 Å². The number of aromatic carboxylic acids is 1. The molecule has 0 unspecified atom stereocenters. The topological polar surface area (TPSA) is 79.3 Å². The average molecular weight is 430 g/mol. The highest BCUT2D eigenvalue weighted by Crippen LogP contribution is 2.25. The molecule has 2 atom stereocenters. The largest absolute Gasteiger partial charge is 0.497 e. The van der Waals surface area contributed by atoms with Crippen molar-refractivity contribution in [3.05, 3.63) is 59.4 Å². The Morgan fingerprint density at radius 2 is 1.81 bits per heavy atom. The van der Waals surface area contributed by atoms with Gasteiger partial charge in [0.15, 0.2) is 6.61 Å². The van der Waals surface area contributed by atoms with E-state index >= 15 is 0 Å². The molecule has 8 heteroatoms. The van der Waals surface area contributed by atoms with Crippen molar-refractivity contribution in [2.45, 2.75) is 32.5 Å². The lowest BCUT2D eigenvalue weighted by atomic mass is 10.1. The van der Waals surface area contributed by atoms with Gasteiger partial charge in [0.2, 0.25) is 0 Å². The molecule has 0 aromatic heterocycles. The number of piperazine rings is 1. The highest BCUT2D eigenvalue weighted by molar-refractivity contribution is 5.91. The molecule has 1 fully saturated rings. The van der Waals surface area contributed by atoms with Crippen LogP contribution in [0, 0.1) is 5.82 Å². The number of carboxylic acid groups (broad SMARTS) is 1. The summed E-state index contributed by atoms with van der Waals surface area (Å²) in [5, 5.41) is 9.38. The lowest BCUT2D eigenvalue weighted by molar-refractivity contribution is -0.139. The molecule has 2 aromatic rings. The number of amides is 1. The van der Waals surface area contributed by atoms with Crippen molar-refractivity contribution in [2.75, 3.05) is 26.8 Å². The highest BCUT2D eigenvalue weighted by Gasteiger charge is 2.32. The lowest BCUT2D eigenvalue weighted by Gasteiger charge is -2.44. The first-order valence-electron chi connectivity index (χ1n) is 10.1. The summed E-state index contributed by atoms with van der Waals surface area (Å²) in [6, 6.07) is 11.0. The molecule has 1 aliphatic rings. The molecule has 1 N–H and O–H groups in total. The number of methoxy groups -OCH3 is 1. The number of carboxylic acids is 1. The number of hydrogen-bond donors (Lipinski definition) is 1. The number of ether oxygens (including phenoxy) is 2. The van der Waals surface area contributed by atoms with Crippen LogP contribution in [0.1, 0.15) is 29.8 Å². The van der Waals surface area contributed by atoms with Crippen LogP contribution in [0.15, 0.2) is 42.5 Å². The summed E-state index contributed by atoms with van der Waals surface area (Å²) in [6.07, 6.45) is 0. The van der Waals surface area contributed by atoms with E-state index in [0.29, 0.717) is 25.4 Å². The molecular weight excluding hydrogens is 403 g/mol. The van der Waals surface area contributed by atoms with Gasteiger partial charge in [0, 0.05) is 31.7 Å². The quantitative estimate of drug-likeness (QED) is 0.728. The van der Waals surface area contributed by atoms with E-state index in [-0.39, 0.29) is 41.7 Å². The number of carbonyl (C=O) groups excluding carboxylic acids is 1. The van der Waals surface area contributed by atoms with Crippen LogP contribution < -0.4 is 9.47 Å². The fraction of sp³-hybridized carbons (Fsp3) is 0.391. The molecule has 0 aliphatic carbocycles. The first-order valence-corrected chi connectivity index (χ1v) is 10.1. The minimum Gasteiger partial charge on any atom is -0.497 e. The van der Waals surface area contributed by atoms with Crippen molar-refractivity contribution in [3.8, 4) is 11.5 Å². The molecule has 31 heavy (non-hydrogen) atoms. The van der Waals surface area contributed by atoms with Crippen LogP contribution in [0.5, 0.6) is 11.5 Å². The average Bonchev–Trinajstić information content (AvgIpc) is 2.75. The van der Waals surface area contributed by atoms with Crippen LogP contribution >= 0.6 is 0 Å². The molecule has 0 spiro atoms. The van der Waals surface area contributed by atoms with Gasteiger partial charge in [-0.05, 0) is 49.7 Å². The third kappa shape index (κ3) is 5.52. The maximum Gasteiger partial charge on any atom is 0.339 e. The lowest BCUT2D eigenvalue weighted by Crippen LogP contribution is -2.58. The molecule has 166 valence electrons. The zero-order chi connectivity index (χ0) is 22.5. The fourth-order valence-electron chi connectivity index (χ4n) is 3.74. The molecule has 2 aromatic carbocycles. The first-order chi connectivity index (χ1) is 14.8. The van der Waals surface area contributed by atoms with Gasteiger partial charge < -0.3 is 19.5 Å². The molecule has 0 radical (unpaired) electrons. The molecule has 1 aliphatic heterocycles. The number of rotatable bonds is 7. The standard InChI is InChI=1S/C23H27FN2O5/c1-15-12-26(16(2)11-25(15)13-17-4-6-18(24)7-5-17)22(27)14-31-21-9-8-19(30-3)10-20(21)23(28)29/h4-10,15-16H,11-14H2,1-3H3,(H,28,29)/t15-,16+/m0/s1. The second kappa shape index (κ2) is 9.78. The predicted octanol–water partition coefficient (Wildman–Crippen LogP) is 3.03. The predicted molar refractivity (Wildman–Crippen MR) is 113 cm³/mol. The van der Waals surface area contributed by atoms with Gasteiger partial charge in [-0.25, -0.2) is 9.18 Å². The molecule has 0 saturated carbocycles. The number of hydrogen-bond acceptors (Lipinski definition) is 5. The molecular formula is C23H27FN2O5. The molecule has 1 saturated heterocycles. The van der Waals surface area contributed by atoms with Gasteiger partial charge in [-0.2, -0.15) is 0 Å². The summed E-state index contributed by atoms with van der Waals surface area (Å²) in [5.74, 6) is -1.10. The number of nitrogens with zero attached hydrogens (tertiary/aromatic N) is 2. The van der Waals surface area contributed by atoms with Gasteiger partial charge in [-0.1, -0.05) is 12.1 Å². The van der Waals surface area contributed by atoms with E-state index in [1.165, 1.54) is 31.4 Å². The summed E-state index contributed by atoms with van der Waals surface area (Å²) < 4.78 is 23.7.